The summed E-state index contributed by atoms with van der Waals surface area (Å²) in [5.41, 5.74) is 3.06. The third-order valence-corrected chi connectivity index (χ3v) is 4.75. The van der Waals surface area contributed by atoms with Crippen LogP contribution in [0.25, 0.3) is 11.3 Å². The van der Waals surface area contributed by atoms with Crippen molar-refractivity contribution in [2.75, 3.05) is 18.1 Å². The van der Waals surface area contributed by atoms with Gasteiger partial charge in [0, 0.05) is 24.9 Å². The standard InChI is InChI=1S/C24H26N2O4/c1-4-26(20-9-7-6-8-19(20)24(28)29-5-2)23(27)15-14-22-25-16-21(30-22)18-12-10-17(3)11-13-18/h6-13,16H,4-5,14-15H2,1-3H3. The summed E-state index contributed by atoms with van der Waals surface area (Å²) in [6.45, 7) is 6.38. The first kappa shape index (κ1) is 21.3. The number of esters is 1. The van der Waals surface area contributed by atoms with Crippen LogP contribution in [0.2, 0.25) is 0 Å². The van der Waals surface area contributed by atoms with Crippen molar-refractivity contribution in [2.45, 2.75) is 33.6 Å². The van der Waals surface area contributed by atoms with E-state index in [1.54, 1.807) is 42.3 Å². The van der Waals surface area contributed by atoms with Gasteiger partial charge in [-0.3, -0.25) is 4.79 Å². The Morgan fingerprint density at radius 2 is 1.80 bits per heavy atom. The largest absolute Gasteiger partial charge is 0.462 e. The zero-order valence-electron chi connectivity index (χ0n) is 17.6. The van der Waals surface area contributed by atoms with E-state index in [1.165, 1.54) is 5.56 Å². The zero-order chi connectivity index (χ0) is 21.5. The van der Waals surface area contributed by atoms with Gasteiger partial charge in [-0.15, -0.1) is 0 Å². The molecule has 0 bridgehead atoms. The van der Waals surface area contributed by atoms with Gasteiger partial charge in [0.05, 0.1) is 24.1 Å². The van der Waals surface area contributed by atoms with Crippen LogP contribution in [0, 0.1) is 6.92 Å². The van der Waals surface area contributed by atoms with E-state index in [4.69, 9.17) is 9.15 Å². The van der Waals surface area contributed by atoms with E-state index < -0.39 is 5.97 Å². The average Bonchev–Trinajstić information content (AvgIpc) is 3.23. The number of oxazole rings is 1. The fraction of sp³-hybridized carbons (Fsp3) is 0.292. The molecule has 0 aliphatic carbocycles. The normalized spacial score (nSPS) is 10.6. The van der Waals surface area contributed by atoms with Crippen LogP contribution in [0.3, 0.4) is 0 Å². The van der Waals surface area contributed by atoms with Crippen molar-refractivity contribution in [3.05, 3.63) is 71.7 Å². The van der Waals surface area contributed by atoms with Gasteiger partial charge in [0.2, 0.25) is 5.91 Å². The van der Waals surface area contributed by atoms with E-state index in [9.17, 15) is 9.59 Å². The number of hydrogen-bond acceptors (Lipinski definition) is 5. The van der Waals surface area contributed by atoms with Gasteiger partial charge >= 0.3 is 5.97 Å². The van der Waals surface area contributed by atoms with Crippen LogP contribution in [0.15, 0.2) is 59.1 Å². The summed E-state index contributed by atoms with van der Waals surface area (Å²) < 4.78 is 10.9. The summed E-state index contributed by atoms with van der Waals surface area (Å²) in [4.78, 5) is 31.1. The fourth-order valence-corrected chi connectivity index (χ4v) is 3.20. The molecule has 3 aromatic rings. The topological polar surface area (TPSA) is 72.6 Å². The Labute approximate surface area is 176 Å². The molecular weight excluding hydrogens is 380 g/mol. The van der Waals surface area contributed by atoms with Crippen molar-refractivity contribution >= 4 is 17.6 Å². The Morgan fingerprint density at radius 1 is 1.07 bits per heavy atom. The summed E-state index contributed by atoms with van der Waals surface area (Å²) in [5.74, 6) is 0.644. The van der Waals surface area contributed by atoms with Gasteiger partial charge in [-0.25, -0.2) is 9.78 Å². The summed E-state index contributed by atoms with van der Waals surface area (Å²) >= 11 is 0. The maximum atomic E-state index is 12.9. The van der Waals surface area contributed by atoms with E-state index >= 15 is 0 Å². The second-order valence-electron chi connectivity index (χ2n) is 6.86. The molecule has 3 rings (SSSR count). The molecule has 0 saturated carbocycles. The van der Waals surface area contributed by atoms with Crippen LogP contribution in [-0.4, -0.2) is 30.0 Å². The molecule has 0 N–H and O–H groups in total. The molecule has 0 spiro atoms. The number of anilines is 1. The maximum Gasteiger partial charge on any atom is 0.340 e. The number of aromatic nitrogens is 1. The van der Waals surface area contributed by atoms with Gasteiger partial charge in [0.15, 0.2) is 11.7 Å². The Balaban J connectivity index is 1.70. The maximum absolute atomic E-state index is 12.9. The SMILES string of the molecule is CCOC(=O)c1ccccc1N(CC)C(=O)CCc1ncc(-c2ccc(C)cc2)o1. The van der Waals surface area contributed by atoms with Gasteiger partial charge in [-0.05, 0) is 32.9 Å². The van der Waals surface area contributed by atoms with Gasteiger partial charge < -0.3 is 14.1 Å². The Kier molecular flexibility index (Phi) is 7.01. The second kappa shape index (κ2) is 9.87. The van der Waals surface area contributed by atoms with E-state index in [0.717, 1.165) is 5.56 Å². The number of aryl methyl sites for hydroxylation is 2. The number of para-hydroxylation sites is 1. The minimum atomic E-state index is -0.435. The Hall–Kier alpha value is -3.41. The molecule has 0 fully saturated rings. The average molecular weight is 406 g/mol. The Bertz CT molecular complexity index is 1010. The lowest BCUT2D eigenvalue weighted by Gasteiger charge is -2.23. The van der Waals surface area contributed by atoms with Crippen molar-refractivity contribution in [1.29, 1.82) is 0 Å². The highest BCUT2D eigenvalue weighted by Gasteiger charge is 2.21. The zero-order valence-corrected chi connectivity index (χ0v) is 17.6. The van der Waals surface area contributed by atoms with E-state index in [1.807, 2.05) is 38.1 Å². The minimum absolute atomic E-state index is 0.107. The lowest BCUT2D eigenvalue weighted by Crippen LogP contribution is -2.32. The molecule has 1 amide bonds. The fourth-order valence-electron chi connectivity index (χ4n) is 3.20. The molecule has 6 heteroatoms. The number of carbonyl (C=O) groups is 2. The van der Waals surface area contributed by atoms with E-state index in [-0.39, 0.29) is 18.9 Å². The van der Waals surface area contributed by atoms with Crippen molar-refractivity contribution < 1.29 is 18.7 Å². The number of nitrogens with zero attached hydrogens (tertiary/aromatic N) is 2. The van der Waals surface area contributed by atoms with E-state index in [2.05, 4.69) is 4.98 Å². The van der Waals surface area contributed by atoms with Crippen LogP contribution in [0.4, 0.5) is 5.69 Å². The van der Waals surface area contributed by atoms with Crippen LogP contribution in [0.5, 0.6) is 0 Å². The van der Waals surface area contributed by atoms with Gasteiger partial charge in [0.25, 0.3) is 0 Å². The third-order valence-electron chi connectivity index (χ3n) is 4.75. The highest BCUT2D eigenvalue weighted by molar-refractivity contribution is 6.02. The van der Waals surface area contributed by atoms with Crippen molar-refractivity contribution in [2.24, 2.45) is 0 Å². The molecule has 6 nitrogen and oxygen atoms in total. The predicted octanol–water partition coefficient (Wildman–Crippen LogP) is 4.81. The monoisotopic (exact) mass is 406 g/mol. The second-order valence-corrected chi connectivity index (χ2v) is 6.86. The minimum Gasteiger partial charge on any atom is -0.462 e. The number of benzene rings is 2. The van der Waals surface area contributed by atoms with Crippen LogP contribution in [-0.2, 0) is 16.0 Å². The number of ether oxygens (including phenoxy) is 1. The highest BCUT2D eigenvalue weighted by atomic mass is 16.5. The smallest absolute Gasteiger partial charge is 0.340 e. The van der Waals surface area contributed by atoms with Gasteiger partial charge in [-0.2, -0.15) is 0 Å². The van der Waals surface area contributed by atoms with Crippen LogP contribution < -0.4 is 4.90 Å². The predicted molar refractivity (Wildman–Crippen MR) is 115 cm³/mol. The first-order chi connectivity index (χ1) is 14.5. The molecule has 0 atom stereocenters. The molecule has 156 valence electrons. The summed E-state index contributed by atoms with van der Waals surface area (Å²) in [6, 6.07) is 15.0. The van der Waals surface area contributed by atoms with Crippen LogP contribution in [0.1, 0.15) is 42.1 Å². The lowest BCUT2D eigenvalue weighted by molar-refractivity contribution is -0.118. The van der Waals surface area contributed by atoms with Crippen molar-refractivity contribution in [3.63, 3.8) is 0 Å². The van der Waals surface area contributed by atoms with Crippen molar-refractivity contribution in [1.82, 2.24) is 4.98 Å². The Morgan fingerprint density at radius 3 is 2.50 bits per heavy atom. The first-order valence-corrected chi connectivity index (χ1v) is 10.1. The summed E-state index contributed by atoms with van der Waals surface area (Å²) in [7, 11) is 0. The molecule has 0 aliphatic heterocycles. The summed E-state index contributed by atoms with van der Waals surface area (Å²) in [5, 5.41) is 0. The number of amides is 1. The highest BCUT2D eigenvalue weighted by Crippen LogP contribution is 2.24. The molecule has 2 aromatic carbocycles. The number of rotatable bonds is 8. The summed E-state index contributed by atoms with van der Waals surface area (Å²) in [6.07, 6.45) is 2.28. The molecule has 0 aliphatic rings. The quantitative estimate of drug-likeness (QED) is 0.502. The number of hydrogen-bond donors (Lipinski definition) is 0. The molecule has 0 saturated heterocycles. The molecule has 0 radical (unpaired) electrons. The molecule has 1 heterocycles. The van der Waals surface area contributed by atoms with Gasteiger partial charge in [-0.1, -0.05) is 42.0 Å². The van der Waals surface area contributed by atoms with Crippen molar-refractivity contribution in [3.8, 4) is 11.3 Å². The van der Waals surface area contributed by atoms with E-state index in [0.29, 0.717) is 35.9 Å². The van der Waals surface area contributed by atoms with Gasteiger partial charge in [0.1, 0.15) is 0 Å². The molecule has 1 aromatic heterocycles. The first-order valence-electron chi connectivity index (χ1n) is 10.1. The third kappa shape index (κ3) is 4.95. The molecule has 0 unspecified atom stereocenters. The molecular formula is C24H26N2O4. The van der Waals surface area contributed by atoms with Crippen LogP contribution >= 0.6 is 0 Å². The molecule has 30 heavy (non-hydrogen) atoms. The number of carbonyl (C=O) groups excluding carboxylic acids is 2. The lowest BCUT2D eigenvalue weighted by atomic mass is 10.1.